The zero-order valence-corrected chi connectivity index (χ0v) is 12.3. The Morgan fingerprint density at radius 2 is 1.85 bits per heavy atom. The second-order valence-corrected chi connectivity index (χ2v) is 5.58. The molecule has 20 heavy (non-hydrogen) atoms. The van der Waals surface area contributed by atoms with Crippen molar-refractivity contribution in [3.63, 3.8) is 0 Å². The highest BCUT2D eigenvalue weighted by molar-refractivity contribution is 7.81. The van der Waals surface area contributed by atoms with Crippen molar-refractivity contribution < 1.29 is 4.79 Å². The molecule has 0 aromatic heterocycles. The Morgan fingerprint density at radius 1 is 1.15 bits per heavy atom. The quantitative estimate of drug-likeness (QED) is 0.670. The Bertz CT molecular complexity index is 703. The number of amides is 1. The first-order valence-corrected chi connectivity index (χ1v) is 7.04. The zero-order valence-electron chi connectivity index (χ0n) is 11.4. The number of rotatable bonds is 2. The van der Waals surface area contributed by atoms with Gasteiger partial charge in [-0.2, -0.15) is 0 Å². The molecule has 0 aliphatic carbocycles. The average molecular weight is 281 g/mol. The van der Waals surface area contributed by atoms with E-state index in [1.165, 1.54) is 5.56 Å². The van der Waals surface area contributed by atoms with Gasteiger partial charge in [-0.25, -0.2) is 0 Å². The van der Waals surface area contributed by atoms with Crippen LogP contribution in [0.4, 0.5) is 5.69 Å². The third-order valence-electron chi connectivity index (χ3n) is 3.76. The molecule has 0 saturated carbocycles. The molecule has 0 radical (unpaired) electrons. The molecule has 1 aliphatic rings. The van der Waals surface area contributed by atoms with Crippen molar-refractivity contribution >= 4 is 28.7 Å². The van der Waals surface area contributed by atoms with Crippen LogP contribution in [0, 0.1) is 6.92 Å². The van der Waals surface area contributed by atoms with Crippen LogP contribution in [0.5, 0.6) is 0 Å². The van der Waals surface area contributed by atoms with Gasteiger partial charge in [-0.05, 0) is 25.0 Å². The second kappa shape index (κ2) is 4.84. The third kappa shape index (κ3) is 2.04. The number of carbonyl (C=O) groups is 1. The summed E-state index contributed by atoms with van der Waals surface area (Å²) in [7, 11) is 0. The van der Waals surface area contributed by atoms with Gasteiger partial charge in [0.05, 0.1) is 16.5 Å². The van der Waals surface area contributed by atoms with E-state index in [0.29, 0.717) is 0 Å². The molecular formula is C17H15NOS. The molecular weight excluding hydrogens is 266 g/mol. The van der Waals surface area contributed by atoms with Crippen molar-refractivity contribution in [1.82, 2.24) is 0 Å². The summed E-state index contributed by atoms with van der Waals surface area (Å²) in [5.41, 5.74) is 5.04. The van der Waals surface area contributed by atoms with Gasteiger partial charge in [-0.1, -0.05) is 60.2 Å². The standard InChI is InChI=1S/C17H15NOS/c1-10-6-8-12(9-7-10)16(20)14-5-3-4-13-11(2)17(19)18-15(13)14/h3-9,11H,1-2H3,(H,18,19). The minimum absolute atomic E-state index is 0.0409. The molecule has 0 fully saturated rings. The molecule has 2 nitrogen and oxygen atoms in total. The van der Waals surface area contributed by atoms with E-state index in [4.69, 9.17) is 12.2 Å². The van der Waals surface area contributed by atoms with E-state index >= 15 is 0 Å². The van der Waals surface area contributed by atoms with Crippen molar-refractivity contribution in [3.05, 3.63) is 64.7 Å². The van der Waals surface area contributed by atoms with Gasteiger partial charge in [0.1, 0.15) is 0 Å². The van der Waals surface area contributed by atoms with Crippen molar-refractivity contribution in [2.24, 2.45) is 0 Å². The zero-order chi connectivity index (χ0) is 14.3. The van der Waals surface area contributed by atoms with Crippen molar-refractivity contribution in [2.45, 2.75) is 19.8 Å². The maximum absolute atomic E-state index is 11.8. The molecule has 3 heteroatoms. The lowest BCUT2D eigenvalue weighted by molar-refractivity contribution is -0.116. The fourth-order valence-electron chi connectivity index (χ4n) is 2.49. The van der Waals surface area contributed by atoms with Crippen LogP contribution in [0.3, 0.4) is 0 Å². The van der Waals surface area contributed by atoms with E-state index in [9.17, 15) is 4.79 Å². The summed E-state index contributed by atoms with van der Waals surface area (Å²) in [5, 5.41) is 2.95. The number of para-hydroxylation sites is 1. The van der Waals surface area contributed by atoms with E-state index in [1.54, 1.807) is 0 Å². The van der Waals surface area contributed by atoms with Crippen molar-refractivity contribution in [2.75, 3.05) is 5.32 Å². The van der Waals surface area contributed by atoms with Crippen LogP contribution in [0.2, 0.25) is 0 Å². The first kappa shape index (κ1) is 13.0. The number of aryl methyl sites for hydroxylation is 1. The van der Waals surface area contributed by atoms with Crippen LogP contribution in [-0.2, 0) is 4.79 Å². The molecule has 1 N–H and O–H groups in total. The number of fused-ring (bicyclic) bond motifs is 1. The summed E-state index contributed by atoms with van der Waals surface area (Å²) in [4.78, 5) is 12.6. The Morgan fingerprint density at radius 3 is 2.55 bits per heavy atom. The van der Waals surface area contributed by atoms with Crippen molar-refractivity contribution in [3.8, 4) is 0 Å². The Hall–Kier alpha value is -2.00. The Balaban J connectivity index is 2.06. The Kier molecular flexibility index (Phi) is 3.14. The topological polar surface area (TPSA) is 29.1 Å². The third-order valence-corrected chi connectivity index (χ3v) is 4.22. The molecule has 2 aromatic rings. The van der Waals surface area contributed by atoms with Crippen LogP contribution in [-0.4, -0.2) is 10.8 Å². The van der Waals surface area contributed by atoms with E-state index in [0.717, 1.165) is 27.2 Å². The number of benzene rings is 2. The summed E-state index contributed by atoms with van der Waals surface area (Å²) in [6.07, 6.45) is 0. The maximum atomic E-state index is 11.8. The number of hydrogen-bond acceptors (Lipinski definition) is 2. The molecule has 1 atom stereocenters. The van der Waals surface area contributed by atoms with Gasteiger partial charge in [0, 0.05) is 5.56 Å². The lowest BCUT2D eigenvalue weighted by Gasteiger charge is -2.10. The molecule has 0 bridgehead atoms. The summed E-state index contributed by atoms with van der Waals surface area (Å²) < 4.78 is 0. The molecule has 3 rings (SSSR count). The van der Waals surface area contributed by atoms with Crippen LogP contribution in [0.25, 0.3) is 0 Å². The Labute approximate surface area is 123 Å². The SMILES string of the molecule is Cc1ccc(C(=S)c2cccc3c2NC(=O)C3C)cc1. The predicted octanol–water partition coefficient (Wildman–Crippen LogP) is 3.82. The van der Waals surface area contributed by atoms with Gasteiger partial charge in [0.25, 0.3) is 0 Å². The second-order valence-electron chi connectivity index (χ2n) is 5.18. The van der Waals surface area contributed by atoms with Crippen LogP contribution >= 0.6 is 12.2 Å². The van der Waals surface area contributed by atoms with E-state index in [1.807, 2.05) is 49.4 Å². The number of anilines is 1. The van der Waals surface area contributed by atoms with E-state index < -0.39 is 0 Å². The highest BCUT2D eigenvalue weighted by Gasteiger charge is 2.29. The normalized spacial score (nSPS) is 16.7. The summed E-state index contributed by atoms with van der Waals surface area (Å²) in [5.74, 6) is -0.0649. The first-order valence-electron chi connectivity index (χ1n) is 6.63. The van der Waals surface area contributed by atoms with Gasteiger partial charge in [-0.3, -0.25) is 4.79 Å². The molecule has 1 amide bonds. The molecule has 1 heterocycles. The molecule has 1 aliphatic heterocycles. The number of nitrogens with one attached hydrogen (secondary N) is 1. The minimum Gasteiger partial charge on any atom is -0.325 e. The fraction of sp³-hybridized carbons (Fsp3) is 0.176. The van der Waals surface area contributed by atoms with Gasteiger partial charge >= 0.3 is 0 Å². The minimum atomic E-state index is -0.106. The summed E-state index contributed by atoms with van der Waals surface area (Å²) >= 11 is 5.60. The number of carbonyl (C=O) groups excluding carboxylic acids is 1. The van der Waals surface area contributed by atoms with Crippen LogP contribution < -0.4 is 5.32 Å². The average Bonchev–Trinajstić information content (AvgIpc) is 2.74. The van der Waals surface area contributed by atoms with Gasteiger partial charge in [0.2, 0.25) is 5.91 Å². The smallest absolute Gasteiger partial charge is 0.231 e. The largest absolute Gasteiger partial charge is 0.325 e. The number of hydrogen-bond donors (Lipinski definition) is 1. The lowest BCUT2D eigenvalue weighted by Crippen LogP contribution is -2.10. The molecule has 1 unspecified atom stereocenters. The van der Waals surface area contributed by atoms with E-state index in [-0.39, 0.29) is 11.8 Å². The highest BCUT2D eigenvalue weighted by Crippen LogP contribution is 2.35. The summed E-state index contributed by atoms with van der Waals surface area (Å²) in [6, 6.07) is 14.1. The summed E-state index contributed by atoms with van der Waals surface area (Å²) in [6.45, 7) is 3.97. The van der Waals surface area contributed by atoms with Crippen molar-refractivity contribution in [1.29, 1.82) is 0 Å². The highest BCUT2D eigenvalue weighted by atomic mass is 32.1. The lowest BCUT2D eigenvalue weighted by atomic mass is 9.96. The molecule has 2 aromatic carbocycles. The fourth-order valence-corrected chi connectivity index (χ4v) is 2.80. The maximum Gasteiger partial charge on any atom is 0.231 e. The first-order chi connectivity index (χ1) is 9.58. The molecule has 0 spiro atoms. The molecule has 0 saturated heterocycles. The van der Waals surface area contributed by atoms with Gasteiger partial charge in [-0.15, -0.1) is 0 Å². The van der Waals surface area contributed by atoms with Crippen LogP contribution in [0.15, 0.2) is 42.5 Å². The van der Waals surface area contributed by atoms with Gasteiger partial charge in [0.15, 0.2) is 0 Å². The van der Waals surface area contributed by atoms with Crippen LogP contribution in [0.1, 0.15) is 35.1 Å². The number of thiocarbonyl (C=S) groups is 1. The van der Waals surface area contributed by atoms with E-state index in [2.05, 4.69) is 12.2 Å². The predicted molar refractivity (Wildman–Crippen MR) is 85.5 cm³/mol. The molecule has 100 valence electrons. The monoisotopic (exact) mass is 281 g/mol. The van der Waals surface area contributed by atoms with Gasteiger partial charge < -0.3 is 5.32 Å².